The molecule has 0 saturated carbocycles. The molecule has 0 amide bonds. The highest BCUT2D eigenvalue weighted by atomic mass is 19.1. The van der Waals surface area contributed by atoms with Crippen LogP contribution in [0.5, 0.6) is 6.01 Å². The number of hydrogen-bond donors (Lipinski definition) is 0. The average Bonchev–Trinajstić information content (AvgIpc) is 2.61. The first kappa shape index (κ1) is 19.8. The highest BCUT2D eigenvalue weighted by Gasteiger charge is 2.17. The maximum absolute atomic E-state index is 13.8. The number of hydrogen-bond acceptors (Lipinski definition) is 6. The molecule has 0 spiro atoms. The number of halogens is 1. The summed E-state index contributed by atoms with van der Waals surface area (Å²) in [5.41, 5.74) is 1.13. The highest BCUT2D eigenvalue weighted by molar-refractivity contribution is 5.37. The molecule has 0 radical (unpaired) electrons. The summed E-state index contributed by atoms with van der Waals surface area (Å²) in [5, 5.41) is 0. The Morgan fingerprint density at radius 1 is 1.31 bits per heavy atom. The van der Waals surface area contributed by atoms with Gasteiger partial charge in [-0.3, -0.25) is 9.88 Å². The fraction of sp³-hybridized carbons (Fsp3) is 0.421. The molecule has 0 unspecified atom stereocenters. The molecule has 2 rings (SSSR count). The van der Waals surface area contributed by atoms with Crippen LogP contribution in [0, 0.1) is 5.82 Å². The third kappa shape index (κ3) is 6.07. The summed E-state index contributed by atoms with van der Waals surface area (Å²) in [5.74, 6) is -0.264. The van der Waals surface area contributed by atoms with E-state index in [0.717, 1.165) is 31.1 Å². The van der Waals surface area contributed by atoms with Crippen LogP contribution in [-0.2, 0) is 6.54 Å². The van der Waals surface area contributed by atoms with Crippen LogP contribution >= 0.6 is 0 Å². The second-order valence-electron chi connectivity index (χ2n) is 6.38. The van der Waals surface area contributed by atoms with E-state index >= 15 is 0 Å². The van der Waals surface area contributed by atoms with E-state index in [1.54, 1.807) is 25.2 Å². The number of rotatable bonds is 10. The quantitative estimate of drug-likeness (QED) is 0.608. The summed E-state index contributed by atoms with van der Waals surface area (Å²) in [6.07, 6.45) is 8.06. The van der Waals surface area contributed by atoms with E-state index in [2.05, 4.69) is 26.4 Å². The zero-order valence-electron chi connectivity index (χ0n) is 15.6. The number of ether oxygens (including phenoxy) is 1. The van der Waals surface area contributed by atoms with E-state index in [1.165, 1.54) is 0 Å². The topological polar surface area (TPSA) is 54.4 Å². The van der Waals surface area contributed by atoms with Gasteiger partial charge in [-0.2, -0.15) is 4.98 Å². The second kappa shape index (κ2) is 9.82. The van der Waals surface area contributed by atoms with Crippen LogP contribution in [0.25, 0.3) is 0 Å². The molecule has 0 saturated heterocycles. The van der Waals surface area contributed by atoms with Crippen molar-refractivity contribution in [2.45, 2.75) is 25.5 Å². The first-order valence-corrected chi connectivity index (χ1v) is 8.54. The van der Waals surface area contributed by atoms with Gasteiger partial charge in [-0.15, -0.1) is 6.58 Å². The first-order valence-electron chi connectivity index (χ1n) is 8.54. The summed E-state index contributed by atoms with van der Waals surface area (Å²) in [6.45, 7) is 5.21. The Bertz CT molecular complexity index is 696. The van der Waals surface area contributed by atoms with Gasteiger partial charge in [0.15, 0.2) is 11.6 Å². The lowest BCUT2D eigenvalue weighted by molar-refractivity contribution is 0.126. The summed E-state index contributed by atoms with van der Waals surface area (Å²) in [7, 11) is 5.48. The number of allylic oxidation sites excluding steroid dienone is 1. The lowest BCUT2D eigenvalue weighted by atomic mass is 10.1. The van der Waals surface area contributed by atoms with Crippen LogP contribution in [0.1, 0.15) is 18.4 Å². The van der Waals surface area contributed by atoms with E-state index in [1.807, 2.05) is 31.5 Å². The van der Waals surface area contributed by atoms with Crippen molar-refractivity contribution >= 4 is 5.82 Å². The molecule has 2 aromatic rings. The molecule has 0 aliphatic carbocycles. The minimum atomic E-state index is -0.473. The van der Waals surface area contributed by atoms with Gasteiger partial charge in [0, 0.05) is 39.6 Å². The molecule has 0 aromatic carbocycles. The summed E-state index contributed by atoms with van der Waals surface area (Å²) in [4.78, 5) is 16.0. The first-order chi connectivity index (χ1) is 12.5. The van der Waals surface area contributed by atoms with Crippen LogP contribution < -0.4 is 9.64 Å². The molecular weight excluding hydrogens is 333 g/mol. The van der Waals surface area contributed by atoms with Gasteiger partial charge in [0.1, 0.15) is 6.10 Å². The SMILES string of the molecule is C=CCC[C@@H](CN(C)Cc1cccnc1)Oc1ncc(F)c(N(C)C)n1. The fourth-order valence-electron chi connectivity index (χ4n) is 2.57. The van der Waals surface area contributed by atoms with Crippen LogP contribution in [0.4, 0.5) is 10.2 Å². The molecule has 0 fully saturated rings. The maximum Gasteiger partial charge on any atom is 0.318 e. The summed E-state index contributed by atoms with van der Waals surface area (Å²) < 4.78 is 19.7. The summed E-state index contributed by atoms with van der Waals surface area (Å²) in [6, 6.07) is 4.14. The molecule has 2 heterocycles. The smallest absolute Gasteiger partial charge is 0.318 e. The molecule has 0 aliphatic rings. The van der Waals surface area contributed by atoms with Crippen molar-refractivity contribution < 1.29 is 9.13 Å². The van der Waals surface area contributed by atoms with Crippen molar-refractivity contribution in [3.05, 3.63) is 54.8 Å². The van der Waals surface area contributed by atoms with Crippen LogP contribution in [-0.4, -0.2) is 53.6 Å². The third-order valence-corrected chi connectivity index (χ3v) is 3.78. The maximum atomic E-state index is 13.8. The van der Waals surface area contributed by atoms with Crippen molar-refractivity contribution in [3.63, 3.8) is 0 Å². The zero-order chi connectivity index (χ0) is 18.9. The van der Waals surface area contributed by atoms with Crippen molar-refractivity contribution in [1.82, 2.24) is 19.9 Å². The fourth-order valence-corrected chi connectivity index (χ4v) is 2.57. The van der Waals surface area contributed by atoms with Crippen LogP contribution in [0.2, 0.25) is 0 Å². The van der Waals surface area contributed by atoms with E-state index < -0.39 is 5.82 Å². The average molecular weight is 359 g/mol. The molecule has 0 N–H and O–H groups in total. The van der Waals surface area contributed by atoms with Crippen molar-refractivity contribution in [3.8, 4) is 6.01 Å². The van der Waals surface area contributed by atoms with Crippen LogP contribution in [0.3, 0.4) is 0 Å². The molecule has 2 aromatic heterocycles. The standard InChI is InChI=1S/C19H26FN5O/c1-5-6-9-16(14-25(4)13-15-8-7-10-21-11-15)26-19-22-12-17(20)18(23-19)24(2)3/h5,7-8,10-12,16H,1,6,9,13-14H2,2-4H3/t16-/m0/s1. The van der Waals surface area contributed by atoms with Gasteiger partial charge >= 0.3 is 6.01 Å². The zero-order valence-corrected chi connectivity index (χ0v) is 15.6. The number of anilines is 1. The molecule has 1 atom stereocenters. The van der Waals surface area contributed by atoms with Crippen molar-refractivity contribution in [2.75, 3.05) is 32.6 Å². The molecule has 0 bridgehead atoms. The van der Waals surface area contributed by atoms with Gasteiger partial charge in [-0.25, -0.2) is 9.37 Å². The second-order valence-corrected chi connectivity index (χ2v) is 6.38. The largest absolute Gasteiger partial charge is 0.459 e. The molecular formula is C19H26FN5O. The van der Waals surface area contributed by atoms with Gasteiger partial charge in [-0.1, -0.05) is 12.1 Å². The highest BCUT2D eigenvalue weighted by Crippen LogP contribution is 2.18. The third-order valence-electron chi connectivity index (χ3n) is 3.78. The lowest BCUT2D eigenvalue weighted by Crippen LogP contribution is -2.33. The lowest BCUT2D eigenvalue weighted by Gasteiger charge is -2.24. The Morgan fingerprint density at radius 2 is 2.12 bits per heavy atom. The molecule has 0 aliphatic heterocycles. The normalized spacial score (nSPS) is 12.0. The van der Waals surface area contributed by atoms with E-state index in [-0.39, 0.29) is 17.9 Å². The minimum absolute atomic E-state index is 0.129. The van der Waals surface area contributed by atoms with Crippen LogP contribution in [0.15, 0.2) is 43.4 Å². The summed E-state index contributed by atoms with van der Waals surface area (Å²) >= 11 is 0. The van der Waals surface area contributed by atoms with Crippen molar-refractivity contribution in [2.24, 2.45) is 0 Å². The van der Waals surface area contributed by atoms with Gasteiger partial charge < -0.3 is 9.64 Å². The number of pyridine rings is 1. The van der Waals surface area contributed by atoms with Gasteiger partial charge in [0.25, 0.3) is 0 Å². The Balaban J connectivity index is 2.04. The Labute approximate surface area is 154 Å². The number of nitrogens with zero attached hydrogens (tertiary/aromatic N) is 5. The molecule has 6 nitrogen and oxygen atoms in total. The molecule has 140 valence electrons. The monoisotopic (exact) mass is 359 g/mol. The molecule has 26 heavy (non-hydrogen) atoms. The number of likely N-dealkylation sites (N-methyl/N-ethyl adjacent to an activating group) is 1. The Kier molecular flexibility index (Phi) is 7.47. The van der Waals surface area contributed by atoms with Gasteiger partial charge in [-0.05, 0) is 31.5 Å². The predicted octanol–water partition coefficient (Wildman–Crippen LogP) is 2.92. The Hall–Kier alpha value is -2.54. The number of aromatic nitrogens is 3. The van der Waals surface area contributed by atoms with E-state index in [0.29, 0.717) is 6.54 Å². The van der Waals surface area contributed by atoms with E-state index in [4.69, 9.17) is 4.74 Å². The van der Waals surface area contributed by atoms with E-state index in [9.17, 15) is 4.39 Å². The Morgan fingerprint density at radius 3 is 2.77 bits per heavy atom. The minimum Gasteiger partial charge on any atom is -0.459 e. The van der Waals surface area contributed by atoms with Crippen molar-refractivity contribution in [1.29, 1.82) is 0 Å². The molecule has 7 heteroatoms. The van der Waals surface area contributed by atoms with Gasteiger partial charge in [0.05, 0.1) is 6.20 Å². The predicted molar refractivity (Wildman–Crippen MR) is 101 cm³/mol. The van der Waals surface area contributed by atoms with Gasteiger partial charge in [0.2, 0.25) is 0 Å².